The molecule has 1 aromatic carbocycles. The summed E-state index contributed by atoms with van der Waals surface area (Å²) in [5.74, 6) is 0.797. The van der Waals surface area contributed by atoms with Crippen LogP contribution in [0.2, 0.25) is 0 Å². The van der Waals surface area contributed by atoms with Gasteiger partial charge in [-0.15, -0.1) is 0 Å². The molecule has 2 heteroatoms. The third kappa shape index (κ3) is 4.32. The lowest BCUT2D eigenvalue weighted by Gasteiger charge is -2.09. The number of methoxy groups -OCH3 is 1. The molecule has 0 heterocycles. The molecule has 1 atom stereocenters. The average molecular weight is 229 g/mol. The van der Waals surface area contributed by atoms with Crippen LogP contribution in [0.3, 0.4) is 0 Å². The van der Waals surface area contributed by atoms with Crippen molar-refractivity contribution < 1.29 is 4.74 Å². The topological polar surface area (TPSA) is 33.0 Å². The molecule has 0 fully saturated rings. The summed E-state index contributed by atoms with van der Waals surface area (Å²) in [7, 11) is 1.64. The third-order valence-corrected chi connectivity index (χ3v) is 2.68. The van der Waals surface area contributed by atoms with E-state index < -0.39 is 0 Å². The molecule has 1 unspecified atom stereocenters. The van der Waals surface area contributed by atoms with Gasteiger partial charge >= 0.3 is 0 Å². The van der Waals surface area contributed by atoms with Gasteiger partial charge in [0.15, 0.2) is 0 Å². The minimum atomic E-state index is -0.0310. The molecule has 0 amide bonds. The molecule has 17 heavy (non-hydrogen) atoms. The zero-order valence-electron chi connectivity index (χ0n) is 10.7. The number of rotatable bonds is 5. The van der Waals surface area contributed by atoms with E-state index in [0.717, 1.165) is 24.2 Å². The molecule has 1 rings (SSSR count). The van der Waals surface area contributed by atoms with Crippen molar-refractivity contribution in [2.45, 2.75) is 32.6 Å². The Hall–Kier alpha value is -1.75. The molecule has 0 N–H and O–H groups in total. The molecule has 0 saturated carbocycles. The first-order valence-electron chi connectivity index (χ1n) is 5.84. The molecule has 0 aromatic heterocycles. The molecule has 1 aromatic rings. The number of nitrogens with zero attached hydrogens (tertiary/aromatic N) is 1. The van der Waals surface area contributed by atoms with Gasteiger partial charge in [0, 0.05) is 0 Å². The van der Waals surface area contributed by atoms with Crippen molar-refractivity contribution >= 4 is 0 Å². The molecule has 90 valence electrons. The minimum absolute atomic E-state index is 0.0310. The molecule has 0 bridgehead atoms. The number of benzene rings is 1. The summed E-state index contributed by atoms with van der Waals surface area (Å²) in [6.45, 7) is 4.16. The Balaban J connectivity index is 2.67. The number of nitriles is 1. The van der Waals surface area contributed by atoms with Gasteiger partial charge in [-0.3, -0.25) is 0 Å². The molecular weight excluding hydrogens is 210 g/mol. The second kappa shape index (κ2) is 6.75. The van der Waals surface area contributed by atoms with Crippen LogP contribution in [-0.4, -0.2) is 7.11 Å². The lowest BCUT2D eigenvalue weighted by atomic mass is 9.95. The van der Waals surface area contributed by atoms with Crippen LogP contribution in [0, 0.1) is 11.3 Å². The first kappa shape index (κ1) is 13.3. The zero-order valence-corrected chi connectivity index (χ0v) is 10.7. The van der Waals surface area contributed by atoms with Crippen molar-refractivity contribution in [1.29, 1.82) is 5.26 Å². The van der Waals surface area contributed by atoms with Gasteiger partial charge in [0.2, 0.25) is 0 Å². The Kier molecular flexibility index (Phi) is 5.29. The molecule has 0 aliphatic heterocycles. The predicted molar refractivity (Wildman–Crippen MR) is 70.0 cm³/mol. The van der Waals surface area contributed by atoms with E-state index in [1.54, 1.807) is 7.11 Å². The molecular formula is C15H19NO. The quantitative estimate of drug-likeness (QED) is 0.714. The Morgan fingerprint density at radius 2 is 2.00 bits per heavy atom. The molecule has 0 spiro atoms. The van der Waals surface area contributed by atoms with E-state index in [2.05, 4.69) is 26.0 Å². The highest BCUT2D eigenvalue weighted by Crippen LogP contribution is 2.23. The minimum Gasteiger partial charge on any atom is -0.497 e. The average Bonchev–Trinajstić information content (AvgIpc) is 2.34. The van der Waals surface area contributed by atoms with E-state index in [4.69, 9.17) is 10.00 Å². The number of hydrogen-bond donors (Lipinski definition) is 0. The molecule has 0 aliphatic rings. The summed E-state index contributed by atoms with van der Waals surface area (Å²) >= 11 is 0. The van der Waals surface area contributed by atoms with Crippen LogP contribution in [0.5, 0.6) is 5.75 Å². The Morgan fingerprint density at radius 3 is 2.47 bits per heavy atom. The van der Waals surface area contributed by atoms with Gasteiger partial charge in [-0.05, 0) is 44.4 Å². The van der Waals surface area contributed by atoms with E-state index in [-0.39, 0.29) is 5.92 Å². The maximum atomic E-state index is 9.17. The van der Waals surface area contributed by atoms with E-state index in [1.165, 1.54) is 5.57 Å². The SMILES string of the molecule is COc1ccc(C(C#N)CCC=C(C)C)cc1. The fourth-order valence-corrected chi connectivity index (χ4v) is 1.68. The van der Waals surface area contributed by atoms with Crippen molar-refractivity contribution in [1.82, 2.24) is 0 Å². The van der Waals surface area contributed by atoms with Crippen LogP contribution in [0.4, 0.5) is 0 Å². The standard InChI is InChI=1S/C15H19NO/c1-12(2)5-4-6-14(11-16)13-7-9-15(17-3)10-8-13/h5,7-10,14H,4,6H2,1-3H3. The normalized spacial score (nSPS) is 11.4. The van der Waals surface area contributed by atoms with Crippen LogP contribution >= 0.6 is 0 Å². The molecule has 0 aliphatic carbocycles. The molecule has 0 radical (unpaired) electrons. The van der Waals surface area contributed by atoms with Gasteiger partial charge in [-0.2, -0.15) is 5.26 Å². The predicted octanol–water partition coefficient (Wildman–Crippen LogP) is 4.05. The van der Waals surface area contributed by atoms with E-state index in [9.17, 15) is 0 Å². The van der Waals surface area contributed by atoms with Crippen molar-refractivity contribution in [3.05, 3.63) is 41.5 Å². The van der Waals surface area contributed by atoms with Gasteiger partial charge < -0.3 is 4.74 Å². The van der Waals surface area contributed by atoms with Gasteiger partial charge in [0.25, 0.3) is 0 Å². The van der Waals surface area contributed by atoms with Gasteiger partial charge in [0.05, 0.1) is 19.1 Å². The lowest BCUT2D eigenvalue weighted by molar-refractivity contribution is 0.414. The highest BCUT2D eigenvalue weighted by molar-refractivity contribution is 5.32. The van der Waals surface area contributed by atoms with Crippen molar-refractivity contribution in [3.8, 4) is 11.8 Å². The maximum absolute atomic E-state index is 9.17. The van der Waals surface area contributed by atoms with Crippen molar-refractivity contribution in [2.75, 3.05) is 7.11 Å². The summed E-state index contributed by atoms with van der Waals surface area (Å²) in [6, 6.07) is 10.1. The first-order valence-corrected chi connectivity index (χ1v) is 5.84. The summed E-state index contributed by atoms with van der Waals surface area (Å²) in [5, 5.41) is 9.17. The summed E-state index contributed by atoms with van der Waals surface area (Å²) in [5.41, 5.74) is 2.37. The number of allylic oxidation sites excluding steroid dienone is 2. The van der Waals surface area contributed by atoms with Crippen LogP contribution < -0.4 is 4.74 Å². The summed E-state index contributed by atoms with van der Waals surface area (Å²) in [6.07, 6.45) is 3.99. The van der Waals surface area contributed by atoms with Gasteiger partial charge in [-0.25, -0.2) is 0 Å². The van der Waals surface area contributed by atoms with Gasteiger partial charge in [0.1, 0.15) is 5.75 Å². The second-order valence-electron chi connectivity index (χ2n) is 4.31. The van der Waals surface area contributed by atoms with Crippen molar-refractivity contribution in [3.63, 3.8) is 0 Å². The second-order valence-corrected chi connectivity index (χ2v) is 4.31. The van der Waals surface area contributed by atoms with Crippen LogP contribution in [0.1, 0.15) is 38.2 Å². The zero-order chi connectivity index (χ0) is 12.7. The van der Waals surface area contributed by atoms with E-state index in [0.29, 0.717) is 0 Å². The maximum Gasteiger partial charge on any atom is 0.118 e. The fourth-order valence-electron chi connectivity index (χ4n) is 1.68. The summed E-state index contributed by atoms with van der Waals surface area (Å²) < 4.78 is 5.10. The van der Waals surface area contributed by atoms with Crippen LogP contribution in [0.25, 0.3) is 0 Å². The van der Waals surface area contributed by atoms with Gasteiger partial charge in [-0.1, -0.05) is 23.8 Å². The number of hydrogen-bond acceptors (Lipinski definition) is 2. The van der Waals surface area contributed by atoms with E-state index in [1.807, 2.05) is 24.3 Å². The Labute approximate surface area is 104 Å². The molecule has 0 saturated heterocycles. The highest BCUT2D eigenvalue weighted by atomic mass is 16.5. The smallest absolute Gasteiger partial charge is 0.118 e. The fraction of sp³-hybridized carbons (Fsp3) is 0.400. The van der Waals surface area contributed by atoms with Crippen LogP contribution in [-0.2, 0) is 0 Å². The Bertz CT molecular complexity index is 408. The van der Waals surface area contributed by atoms with Crippen LogP contribution in [0.15, 0.2) is 35.9 Å². The monoisotopic (exact) mass is 229 g/mol. The third-order valence-electron chi connectivity index (χ3n) is 2.68. The van der Waals surface area contributed by atoms with Crippen molar-refractivity contribution in [2.24, 2.45) is 0 Å². The molecule has 2 nitrogen and oxygen atoms in total. The first-order chi connectivity index (χ1) is 8.17. The van der Waals surface area contributed by atoms with E-state index >= 15 is 0 Å². The highest BCUT2D eigenvalue weighted by Gasteiger charge is 2.09. The Morgan fingerprint density at radius 1 is 1.35 bits per heavy atom. The lowest BCUT2D eigenvalue weighted by Crippen LogP contribution is -1.95. The summed E-state index contributed by atoms with van der Waals surface area (Å²) in [4.78, 5) is 0. The largest absolute Gasteiger partial charge is 0.497 e. The number of ether oxygens (including phenoxy) is 1.